The Morgan fingerprint density at radius 1 is 0.760 bits per heavy atom. The largest absolute Gasteiger partial charge is 0.337 e. The molecule has 3 rings (SSSR count). The first-order valence-corrected chi connectivity index (χ1v) is 8.15. The van der Waals surface area contributed by atoms with Gasteiger partial charge in [-0.25, -0.2) is 8.78 Å². The second-order valence-corrected chi connectivity index (χ2v) is 5.91. The number of benzene rings is 2. The summed E-state index contributed by atoms with van der Waals surface area (Å²) in [6.07, 6.45) is 0.585. The van der Waals surface area contributed by atoms with E-state index in [0.717, 1.165) is 6.07 Å². The lowest BCUT2D eigenvalue weighted by Gasteiger charge is -2.22. The van der Waals surface area contributed by atoms with E-state index < -0.39 is 17.5 Å². The molecule has 0 unspecified atom stereocenters. The average Bonchev–Trinajstić information content (AvgIpc) is 2.90. The molecule has 130 valence electrons. The molecular formula is C19H18F2N2O2. The smallest absolute Gasteiger partial charge is 0.257 e. The zero-order valence-corrected chi connectivity index (χ0v) is 13.6. The van der Waals surface area contributed by atoms with E-state index >= 15 is 0 Å². The molecule has 1 fully saturated rings. The zero-order chi connectivity index (χ0) is 17.8. The normalized spacial score (nSPS) is 15.0. The van der Waals surface area contributed by atoms with Gasteiger partial charge < -0.3 is 9.80 Å². The minimum absolute atomic E-state index is 0.0909. The Morgan fingerprint density at radius 2 is 1.40 bits per heavy atom. The highest BCUT2D eigenvalue weighted by atomic mass is 19.2. The highest BCUT2D eigenvalue weighted by Crippen LogP contribution is 2.16. The van der Waals surface area contributed by atoms with Gasteiger partial charge in [-0.1, -0.05) is 24.3 Å². The maximum atomic E-state index is 13.8. The summed E-state index contributed by atoms with van der Waals surface area (Å²) in [7, 11) is 0. The fourth-order valence-corrected chi connectivity index (χ4v) is 2.93. The molecule has 0 aromatic heterocycles. The van der Waals surface area contributed by atoms with Crippen LogP contribution in [0.15, 0.2) is 48.5 Å². The highest BCUT2D eigenvalue weighted by molar-refractivity contribution is 5.95. The van der Waals surface area contributed by atoms with Crippen LogP contribution in [0.2, 0.25) is 0 Å². The molecule has 2 aromatic carbocycles. The first-order chi connectivity index (χ1) is 12.1. The molecule has 1 aliphatic rings. The summed E-state index contributed by atoms with van der Waals surface area (Å²) >= 11 is 0. The van der Waals surface area contributed by atoms with E-state index in [1.807, 2.05) is 6.07 Å². The molecule has 2 aromatic rings. The number of amides is 2. The van der Waals surface area contributed by atoms with Crippen molar-refractivity contribution < 1.29 is 18.4 Å². The van der Waals surface area contributed by atoms with Gasteiger partial charge in [0.1, 0.15) is 0 Å². The maximum Gasteiger partial charge on any atom is 0.257 e. The van der Waals surface area contributed by atoms with Crippen LogP contribution < -0.4 is 0 Å². The summed E-state index contributed by atoms with van der Waals surface area (Å²) in [6, 6.07) is 12.5. The van der Waals surface area contributed by atoms with Crippen LogP contribution in [0, 0.1) is 11.6 Å². The number of hydrogen-bond donors (Lipinski definition) is 0. The molecule has 0 spiro atoms. The molecule has 0 N–H and O–H groups in total. The molecule has 1 aliphatic heterocycles. The van der Waals surface area contributed by atoms with Crippen LogP contribution in [-0.2, 0) is 0 Å². The minimum Gasteiger partial charge on any atom is -0.337 e. The van der Waals surface area contributed by atoms with Gasteiger partial charge in [0.2, 0.25) is 0 Å². The van der Waals surface area contributed by atoms with Crippen molar-refractivity contribution in [1.29, 1.82) is 0 Å². The first-order valence-electron chi connectivity index (χ1n) is 8.15. The third-order valence-corrected chi connectivity index (χ3v) is 4.27. The second kappa shape index (κ2) is 7.42. The molecule has 0 bridgehead atoms. The Morgan fingerprint density at radius 3 is 2.08 bits per heavy atom. The van der Waals surface area contributed by atoms with E-state index in [2.05, 4.69) is 0 Å². The van der Waals surface area contributed by atoms with Crippen molar-refractivity contribution in [3.8, 4) is 0 Å². The number of halogens is 2. The topological polar surface area (TPSA) is 40.6 Å². The summed E-state index contributed by atoms with van der Waals surface area (Å²) in [5.74, 6) is -2.81. The summed E-state index contributed by atoms with van der Waals surface area (Å²) in [4.78, 5) is 28.2. The second-order valence-electron chi connectivity index (χ2n) is 5.91. The minimum atomic E-state index is -1.13. The van der Waals surface area contributed by atoms with E-state index in [4.69, 9.17) is 0 Å². The molecule has 1 saturated heterocycles. The van der Waals surface area contributed by atoms with Crippen LogP contribution in [0.5, 0.6) is 0 Å². The molecule has 6 heteroatoms. The van der Waals surface area contributed by atoms with E-state index in [-0.39, 0.29) is 18.0 Å². The molecule has 0 aliphatic carbocycles. The highest BCUT2D eigenvalue weighted by Gasteiger charge is 2.25. The Bertz CT molecular complexity index is 780. The summed E-state index contributed by atoms with van der Waals surface area (Å²) in [5, 5.41) is 0. The molecule has 25 heavy (non-hydrogen) atoms. The summed E-state index contributed by atoms with van der Waals surface area (Å²) < 4.78 is 27.2. The molecule has 0 saturated carbocycles. The quantitative estimate of drug-likeness (QED) is 0.840. The van der Waals surface area contributed by atoms with Crippen LogP contribution in [0.25, 0.3) is 0 Å². The molecule has 0 atom stereocenters. The van der Waals surface area contributed by atoms with Gasteiger partial charge in [0.15, 0.2) is 11.6 Å². The fraction of sp³-hybridized carbons (Fsp3) is 0.263. The molecule has 2 amide bonds. The third kappa shape index (κ3) is 3.68. The number of nitrogens with zero attached hydrogens (tertiary/aromatic N) is 2. The van der Waals surface area contributed by atoms with Crippen molar-refractivity contribution in [2.75, 3.05) is 26.2 Å². The predicted molar refractivity (Wildman–Crippen MR) is 89.2 cm³/mol. The number of rotatable bonds is 2. The monoisotopic (exact) mass is 344 g/mol. The van der Waals surface area contributed by atoms with Crippen LogP contribution >= 0.6 is 0 Å². The van der Waals surface area contributed by atoms with Gasteiger partial charge in [0.05, 0.1) is 5.56 Å². The Labute approximate surface area is 144 Å². The van der Waals surface area contributed by atoms with Crippen molar-refractivity contribution in [3.05, 3.63) is 71.3 Å². The number of carbonyl (C=O) groups excluding carboxylic acids is 2. The van der Waals surface area contributed by atoms with Crippen molar-refractivity contribution >= 4 is 11.8 Å². The third-order valence-electron chi connectivity index (χ3n) is 4.27. The lowest BCUT2D eigenvalue weighted by atomic mass is 10.1. The SMILES string of the molecule is O=C(c1ccccc1)N1CCCN(C(=O)c2cccc(F)c2F)CC1. The van der Waals surface area contributed by atoms with Gasteiger partial charge >= 0.3 is 0 Å². The fourth-order valence-electron chi connectivity index (χ4n) is 2.93. The summed E-state index contributed by atoms with van der Waals surface area (Å²) in [5.41, 5.74) is 0.321. The molecule has 4 nitrogen and oxygen atoms in total. The van der Waals surface area contributed by atoms with Gasteiger partial charge in [-0.2, -0.15) is 0 Å². The van der Waals surface area contributed by atoms with Gasteiger partial charge in [0, 0.05) is 31.7 Å². The average molecular weight is 344 g/mol. The molecule has 0 radical (unpaired) electrons. The zero-order valence-electron chi connectivity index (χ0n) is 13.6. The lowest BCUT2D eigenvalue weighted by molar-refractivity contribution is 0.0715. The molecular weight excluding hydrogens is 326 g/mol. The molecule has 1 heterocycles. The van der Waals surface area contributed by atoms with Gasteiger partial charge in [0.25, 0.3) is 11.8 Å². The van der Waals surface area contributed by atoms with Crippen molar-refractivity contribution in [2.45, 2.75) is 6.42 Å². The first kappa shape index (κ1) is 17.1. The number of carbonyl (C=O) groups is 2. The van der Waals surface area contributed by atoms with Gasteiger partial charge in [-0.05, 0) is 30.7 Å². The predicted octanol–water partition coefficient (Wildman–Crippen LogP) is 2.95. The maximum absolute atomic E-state index is 13.8. The van der Waals surface area contributed by atoms with E-state index in [1.54, 1.807) is 29.2 Å². The van der Waals surface area contributed by atoms with Gasteiger partial charge in [-0.15, -0.1) is 0 Å². The van der Waals surface area contributed by atoms with Crippen LogP contribution in [0.3, 0.4) is 0 Å². The Kier molecular flexibility index (Phi) is 5.07. The summed E-state index contributed by atoms with van der Waals surface area (Å²) in [6.45, 7) is 1.56. The van der Waals surface area contributed by atoms with Crippen LogP contribution in [0.4, 0.5) is 8.78 Å². The van der Waals surface area contributed by atoms with Crippen molar-refractivity contribution in [1.82, 2.24) is 9.80 Å². The lowest BCUT2D eigenvalue weighted by Crippen LogP contribution is -2.37. The van der Waals surface area contributed by atoms with Gasteiger partial charge in [-0.3, -0.25) is 9.59 Å². The Hall–Kier alpha value is -2.76. The standard InChI is InChI=1S/C19H18F2N2O2/c20-16-9-4-8-15(17(16)21)19(25)23-11-5-10-22(12-13-23)18(24)14-6-2-1-3-7-14/h1-4,6-9H,5,10-13H2. The van der Waals surface area contributed by atoms with E-state index in [9.17, 15) is 18.4 Å². The van der Waals surface area contributed by atoms with E-state index in [0.29, 0.717) is 31.6 Å². The van der Waals surface area contributed by atoms with Crippen LogP contribution in [-0.4, -0.2) is 47.8 Å². The van der Waals surface area contributed by atoms with Crippen LogP contribution in [0.1, 0.15) is 27.1 Å². The van der Waals surface area contributed by atoms with Crippen molar-refractivity contribution in [3.63, 3.8) is 0 Å². The number of hydrogen-bond acceptors (Lipinski definition) is 2. The Balaban J connectivity index is 1.70. The van der Waals surface area contributed by atoms with Crippen molar-refractivity contribution in [2.24, 2.45) is 0 Å². The van der Waals surface area contributed by atoms with E-state index in [1.165, 1.54) is 17.0 Å².